The fraction of sp³-hybridized carbons (Fsp3) is 0.294. The second-order valence-electron chi connectivity index (χ2n) is 16.2. The molecule has 0 amide bonds. The average Bonchev–Trinajstić information content (AvgIpc) is 3.33. The number of hydrogen-bond donors (Lipinski definition) is 5. The number of aliphatic hydroxyl groups excluding tert-OH is 2. The minimum atomic E-state index is -1.13. The summed E-state index contributed by atoms with van der Waals surface area (Å²) in [5, 5.41) is 60.4. The van der Waals surface area contributed by atoms with Gasteiger partial charge in [-0.05, 0) is 90.8 Å². The molecule has 2 atom stereocenters. The predicted molar refractivity (Wildman–Crippen MR) is 256 cm³/mol. The van der Waals surface area contributed by atoms with E-state index in [4.69, 9.17) is 52.4 Å². The van der Waals surface area contributed by atoms with Crippen molar-refractivity contribution in [3.8, 4) is 46.8 Å². The van der Waals surface area contributed by atoms with Crippen molar-refractivity contribution in [1.29, 1.82) is 10.5 Å². The first kappa shape index (κ1) is 52.0. The number of rotatable bonds is 25. The molecule has 2 aromatic carbocycles. The number of aliphatic hydroxyl groups is 2. The molecule has 19 heteroatoms. The van der Waals surface area contributed by atoms with Gasteiger partial charge in [0.25, 0.3) is 0 Å². The van der Waals surface area contributed by atoms with Gasteiger partial charge < -0.3 is 44.7 Å². The van der Waals surface area contributed by atoms with E-state index >= 15 is 0 Å². The van der Waals surface area contributed by atoms with Gasteiger partial charge in [-0.2, -0.15) is 20.5 Å². The Labute approximate surface area is 413 Å². The van der Waals surface area contributed by atoms with E-state index < -0.39 is 30.6 Å². The van der Waals surface area contributed by atoms with Crippen LogP contribution in [-0.2, 0) is 49.0 Å². The highest BCUT2D eigenvalue weighted by atomic mass is 35.5. The number of nitrogens with zero attached hydrogens (tertiary/aromatic N) is 6. The van der Waals surface area contributed by atoms with E-state index in [1.807, 2.05) is 50.2 Å². The summed E-state index contributed by atoms with van der Waals surface area (Å²) in [5.41, 5.74) is 8.64. The van der Waals surface area contributed by atoms with Crippen LogP contribution in [0.2, 0.25) is 10.0 Å². The van der Waals surface area contributed by atoms with Crippen LogP contribution in [0.4, 0.5) is 0 Å². The lowest BCUT2D eigenvalue weighted by Crippen LogP contribution is -2.28. The van der Waals surface area contributed by atoms with Crippen molar-refractivity contribution in [1.82, 2.24) is 25.3 Å². The van der Waals surface area contributed by atoms with Gasteiger partial charge in [-0.25, -0.2) is 0 Å². The van der Waals surface area contributed by atoms with Gasteiger partial charge in [0, 0.05) is 60.1 Å². The van der Waals surface area contributed by atoms with Crippen LogP contribution in [0, 0.1) is 36.5 Å². The monoisotopic (exact) mass is 989 g/mol. The van der Waals surface area contributed by atoms with Gasteiger partial charge in [0.2, 0.25) is 23.5 Å². The topological polar surface area (TPSA) is 263 Å². The Balaban J connectivity index is 1.18. The molecular weight excluding hydrogens is 942 g/mol. The molecule has 4 heterocycles. The van der Waals surface area contributed by atoms with Crippen LogP contribution in [0.1, 0.15) is 81.3 Å². The van der Waals surface area contributed by atoms with E-state index in [1.165, 1.54) is 12.4 Å². The molecule has 0 radical (unpaired) electrons. The molecular formula is C51H49Cl2N7O10. The second kappa shape index (κ2) is 25.3. The molecule has 0 saturated carbocycles. The van der Waals surface area contributed by atoms with E-state index in [-0.39, 0.29) is 85.9 Å². The van der Waals surface area contributed by atoms with Gasteiger partial charge in [0.15, 0.2) is 0 Å². The Morgan fingerprint density at radius 2 is 1.11 bits per heavy atom. The molecule has 6 rings (SSSR count). The zero-order valence-electron chi connectivity index (χ0n) is 38.2. The van der Waals surface area contributed by atoms with E-state index in [0.29, 0.717) is 46.2 Å². The van der Waals surface area contributed by atoms with Crippen molar-refractivity contribution in [2.45, 2.75) is 91.1 Å². The van der Waals surface area contributed by atoms with Gasteiger partial charge in [0.05, 0.1) is 36.2 Å². The third-order valence-corrected chi connectivity index (χ3v) is 11.5. The quantitative estimate of drug-likeness (QED) is 0.0364. The largest absolute Gasteiger partial charge is 0.481 e. The third-order valence-electron chi connectivity index (χ3n) is 11.0. The average molecular weight is 991 g/mol. The zero-order chi connectivity index (χ0) is 50.2. The summed E-state index contributed by atoms with van der Waals surface area (Å²) in [5.74, 6) is -1.59. The fourth-order valence-corrected chi connectivity index (χ4v) is 7.80. The van der Waals surface area contributed by atoms with Crippen LogP contribution in [0.3, 0.4) is 0 Å². The number of carboxylic acid groups (broad SMARTS) is 2. The van der Waals surface area contributed by atoms with Crippen LogP contribution >= 0.6 is 23.2 Å². The number of ether oxygens (including phenoxy) is 4. The Hall–Kier alpha value is -7.38. The van der Waals surface area contributed by atoms with E-state index in [2.05, 4.69) is 37.4 Å². The predicted octanol–water partition coefficient (Wildman–Crippen LogP) is 8.00. The second-order valence-corrected chi connectivity index (χ2v) is 17.0. The van der Waals surface area contributed by atoms with Crippen LogP contribution in [-0.4, -0.2) is 71.1 Å². The SMILES string of the molecule is Cc1c(COc2nc(OCc3cncc(C#N)c3)c(CCC[C@H](O)CC(=O)O)cc2Cl)cccc1-c1cccc(COc2nc(OCc3cncc(C#N)c3)c(CNC[C@H](O)CC(=O)O)cc2Cl)c1C. The summed E-state index contributed by atoms with van der Waals surface area (Å²) in [6.45, 7) is 4.37. The molecule has 0 aliphatic rings. The molecule has 0 unspecified atom stereocenters. The summed E-state index contributed by atoms with van der Waals surface area (Å²) in [7, 11) is 0. The number of nitriles is 2. The van der Waals surface area contributed by atoms with Gasteiger partial charge in [-0.15, -0.1) is 0 Å². The minimum absolute atomic E-state index is 0.00829. The van der Waals surface area contributed by atoms with Crippen molar-refractivity contribution in [2.24, 2.45) is 0 Å². The molecule has 6 aromatic rings. The number of hydrogen-bond acceptors (Lipinski definition) is 15. The van der Waals surface area contributed by atoms with Crippen molar-refractivity contribution in [3.63, 3.8) is 0 Å². The Morgan fingerprint density at radius 3 is 1.61 bits per heavy atom. The van der Waals surface area contributed by atoms with Gasteiger partial charge >= 0.3 is 11.9 Å². The van der Waals surface area contributed by atoms with Crippen molar-refractivity contribution in [3.05, 3.63) is 151 Å². The Morgan fingerprint density at radius 1 is 0.643 bits per heavy atom. The van der Waals surface area contributed by atoms with Crippen LogP contribution < -0.4 is 24.3 Å². The third kappa shape index (κ3) is 14.8. The maximum Gasteiger partial charge on any atom is 0.306 e. The summed E-state index contributed by atoms with van der Waals surface area (Å²) in [4.78, 5) is 39.6. The molecule has 0 fully saturated rings. The van der Waals surface area contributed by atoms with E-state index in [0.717, 1.165) is 33.4 Å². The lowest BCUT2D eigenvalue weighted by Gasteiger charge is -2.18. The normalized spacial score (nSPS) is 11.8. The number of benzene rings is 2. The molecule has 362 valence electrons. The number of aliphatic carboxylic acids is 2. The summed E-state index contributed by atoms with van der Waals surface area (Å²) >= 11 is 13.5. The minimum Gasteiger partial charge on any atom is -0.481 e. The van der Waals surface area contributed by atoms with E-state index in [1.54, 1.807) is 36.7 Å². The molecule has 0 spiro atoms. The molecule has 70 heavy (non-hydrogen) atoms. The first-order valence-electron chi connectivity index (χ1n) is 22.0. The lowest BCUT2D eigenvalue weighted by atomic mass is 9.92. The number of halogens is 2. The number of carboxylic acids is 2. The molecule has 0 bridgehead atoms. The van der Waals surface area contributed by atoms with Crippen LogP contribution in [0.25, 0.3) is 11.1 Å². The van der Waals surface area contributed by atoms with Crippen LogP contribution in [0.15, 0.2) is 85.5 Å². The lowest BCUT2D eigenvalue weighted by molar-refractivity contribution is -0.140. The maximum absolute atomic E-state index is 11.1. The molecule has 0 saturated heterocycles. The number of nitrogens with one attached hydrogen (secondary N) is 1. The summed E-state index contributed by atoms with van der Waals surface area (Å²) in [6, 6.07) is 22.5. The highest BCUT2D eigenvalue weighted by molar-refractivity contribution is 6.32. The first-order valence-corrected chi connectivity index (χ1v) is 22.7. The van der Waals surface area contributed by atoms with Gasteiger partial charge in [-0.1, -0.05) is 59.6 Å². The van der Waals surface area contributed by atoms with E-state index in [9.17, 15) is 30.3 Å². The Bertz CT molecular complexity index is 2710. The fourth-order valence-electron chi connectivity index (χ4n) is 7.34. The smallest absolute Gasteiger partial charge is 0.306 e. The highest BCUT2D eigenvalue weighted by Crippen LogP contribution is 2.35. The summed E-state index contributed by atoms with van der Waals surface area (Å²) < 4.78 is 24.7. The summed E-state index contributed by atoms with van der Waals surface area (Å²) in [6.07, 6.45) is 4.17. The van der Waals surface area contributed by atoms with Crippen molar-refractivity contribution < 1.29 is 49.0 Å². The van der Waals surface area contributed by atoms with Crippen LogP contribution in [0.5, 0.6) is 23.5 Å². The number of aryl methyl sites for hydroxylation is 1. The highest BCUT2D eigenvalue weighted by Gasteiger charge is 2.20. The van der Waals surface area contributed by atoms with Crippen molar-refractivity contribution >= 4 is 35.1 Å². The first-order chi connectivity index (χ1) is 33.7. The Kier molecular flexibility index (Phi) is 18.8. The number of aromatic nitrogens is 4. The number of carbonyl (C=O) groups is 2. The number of pyridine rings is 4. The molecule has 0 aliphatic carbocycles. The van der Waals surface area contributed by atoms with Crippen molar-refractivity contribution in [2.75, 3.05) is 6.54 Å². The molecule has 5 N–H and O–H groups in total. The standard InChI is InChI=1S/C51H49Cl2N7O10/c1-30-37(28-69-50-44(52)14-36(6-3-9-40(61)16-46(63)64)48(59-50)67-26-34-12-32(18-54)20-56-22-34)7-4-10-42(30)43-11-5-8-38(31(43)2)29-70-51-45(53)15-39(24-58-25-41(62)17-47(65)66)49(60-51)68-27-35-13-33(19-55)21-57-23-35/h4-5,7-8,10-15,20-23,40-41,58,61-62H,3,6,9,16-17,24-29H2,1-2H3,(H,63,64)(H,65,66)/t40-,41+/m0/s1. The zero-order valence-corrected chi connectivity index (χ0v) is 39.7. The molecule has 4 aromatic heterocycles. The molecule has 0 aliphatic heterocycles. The molecule has 17 nitrogen and oxygen atoms in total. The van der Waals surface area contributed by atoms with Gasteiger partial charge in [0.1, 0.15) is 48.6 Å². The maximum atomic E-state index is 11.1. The van der Waals surface area contributed by atoms with Gasteiger partial charge in [-0.3, -0.25) is 19.6 Å².